The first-order chi connectivity index (χ1) is 9.18. The molecule has 1 unspecified atom stereocenters. The number of carbonyl (C=O) groups is 1. The molecule has 1 amide bonds. The van der Waals surface area contributed by atoms with Crippen LogP contribution >= 0.6 is 0 Å². The molecular weight excluding hydrogens is 242 g/mol. The van der Waals surface area contributed by atoms with Crippen LogP contribution in [0, 0.1) is 0 Å². The zero-order valence-corrected chi connectivity index (χ0v) is 10.8. The molecule has 2 aromatic rings. The quantitative estimate of drug-likeness (QED) is 0.888. The van der Waals surface area contributed by atoms with Crippen molar-refractivity contribution >= 4 is 11.9 Å². The standard InChI is InChI=1S/C13H15N5O/c1-18(2)11(10-5-3-6-14-9-10)12(19)17-13-15-7-4-8-16-13/h3-9,11H,1-2H3,(H,15,16,17,19). The highest BCUT2D eigenvalue weighted by Crippen LogP contribution is 2.18. The van der Waals surface area contributed by atoms with Crippen molar-refractivity contribution in [1.29, 1.82) is 0 Å². The molecule has 0 saturated carbocycles. The molecular formula is C13H15N5O. The zero-order chi connectivity index (χ0) is 13.7. The van der Waals surface area contributed by atoms with Gasteiger partial charge in [0.05, 0.1) is 0 Å². The molecule has 0 radical (unpaired) electrons. The Morgan fingerprint density at radius 2 is 1.95 bits per heavy atom. The molecule has 6 nitrogen and oxygen atoms in total. The van der Waals surface area contributed by atoms with Crippen LogP contribution in [0.4, 0.5) is 5.95 Å². The fourth-order valence-corrected chi connectivity index (χ4v) is 1.76. The van der Waals surface area contributed by atoms with Gasteiger partial charge in [0.15, 0.2) is 0 Å². The van der Waals surface area contributed by atoms with E-state index in [2.05, 4.69) is 20.3 Å². The lowest BCUT2D eigenvalue weighted by Crippen LogP contribution is -2.32. The molecule has 6 heteroatoms. The monoisotopic (exact) mass is 257 g/mol. The van der Waals surface area contributed by atoms with E-state index in [-0.39, 0.29) is 5.91 Å². The highest BCUT2D eigenvalue weighted by Gasteiger charge is 2.23. The van der Waals surface area contributed by atoms with E-state index >= 15 is 0 Å². The van der Waals surface area contributed by atoms with Crippen molar-refractivity contribution < 1.29 is 4.79 Å². The molecule has 0 aliphatic rings. The molecule has 0 aliphatic heterocycles. The second-order valence-electron chi connectivity index (χ2n) is 4.21. The van der Waals surface area contributed by atoms with Crippen LogP contribution in [0.1, 0.15) is 11.6 Å². The molecule has 1 N–H and O–H groups in total. The van der Waals surface area contributed by atoms with Gasteiger partial charge in [-0.2, -0.15) is 0 Å². The Hall–Kier alpha value is -2.34. The summed E-state index contributed by atoms with van der Waals surface area (Å²) in [6, 6.07) is 4.93. The number of hydrogen-bond donors (Lipinski definition) is 1. The molecule has 2 heterocycles. The third kappa shape index (κ3) is 3.32. The van der Waals surface area contributed by atoms with Gasteiger partial charge in [-0.1, -0.05) is 6.07 Å². The topological polar surface area (TPSA) is 71.0 Å². The number of aromatic nitrogens is 3. The Morgan fingerprint density at radius 3 is 2.53 bits per heavy atom. The summed E-state index contributed by atoms with van der Waals surface area (Å²) in [5.41, 5.74) is 0.820. The summed E-state index contributed by atoms with van der Waals surface area (Å²) in [5.74, 6) is 0.104. The van der Waals surface area contributed by atoms with E-state index in [4.69, 9.17) is 0 Å². The first-order valence-electron chi connectivity index (χ1n) is 5.82. The minimum atomic E-state index is -0.433. The molecule has 2 aromatic heterocycles. The fourth-order valence-electron chi connectivity index (χ4n) is 1.76. The Morgan fingerprint density at radius 1 is 1.21 bits per heavy atom. The molecule has 0 saturated heterocycles. The van der Waals surface area contributed by atoms with Gasteiger partial charge < -0.3 is 0 Å². The molecule has 0 fully saturated rings. The number of amides is 1. The van der Waals surface area contributed by atoms with Gasteiger partial charge in [-0.3, -0.25) is 20.0 Å². The Kier molecular flexibility index (Phi) is 4.15. The smallest absolute Gasteiger partial charge is 0.248 e. The Labute approximate surface area is 111 Å². The second kappa shape index (κ2) is 6.01. The SMILES string of the molecule is CN(C)C(C(=O)Nc1ncccn1)c1cccnc1. The minimum absolute atomic E-state index is 0.191. The average Bonchev–Trinajstić information content (AvgIpc) is 2.40. The van der Waals surface area contributed by atoms with Gasteiger partial charge in [-0.25, -0.2) is 9.97 Å². The number of carbonyl (C=O) groups excluding carboxylic acids is 1. The maximum absolute atomic E-state index is 12.3. The van der Waals surface area contributed by atoms with Crippen LogP contribution in [-0.4, -0.2) is 39.9 Å². The highest BCUT2D eigenvalue weighted by molar-refractivity contribution is 5.94. The highest BCUT2D eigenvalue weighted by atomic mass is 16.2. The predicted octanol–water partition coefficient (Wildman–Crippen LogP) is 1.11. The van der Waals surface area contributed by atoms with Gasteiger partial charge in [0.1, 0.15) is 6.04 Å². The van der Waals surface area contributed by atoms with E-state index < -0.39 is 6.04 Å². The van der Waals surface area contributed by atoms with Gasteiger partial charge >= 0.3 is 0 Å². The number of hydrogen-bond acceptors (Lipinski definition) is 5. The van der Waals surface area contributed by atoms with Crippen molar-refractivity contribution in [3.63, 3.8) is 0 Å². The van der Waals surface area contributed by atoms with Crippen molar-refractivity contribution in [3.8, 4) is 0 Å². The van der Waals surface area contributed by atoms with Gasteiger partial charge in [-0.05, 0) is 31.8 Å². The molecule has 0 spiro atoms. The molecule has 2 rings (SSSR count). The lowest BCUT2D eigenvalue weighted by atomic mass is 10.1. The number of pyridine rings is 1. The lowest BCUT2D eigenvalue weighted by molar-refractivity contribution is -0.120. The number of rotatable bonds is 4. The van der Waals surface area contributed by atoms with Crippen LogP contribution in [0.5, 0.6) is 0 Å². The molecule has 0 aliphatic carbocycles. The van der Waals surface area contributed by atoms with Crippen molar-refractivity contribution in [2.24, 2.45) is 0 Å². The van der Waals surface area contributed by atoms with Crippen molar-refractivity contribution in [2.45, 2.75) is 6.04 Å². The van der Waals surface area contributed by atoms with Crippen LogP contribution in [0.2, 0.25) is 0 Å². The summed E-state index contributed by atoms with van der Waals surface area (Å²) in [5, 5.41) is 2.69. The average molecular weight is 257 g/mol. The molecule has 0 bridgehead atoms. The minimum Gasteiger partial charge on any atom is -0.294 e. The summed E-state index contributed by atoms with van der Waals surface area (Å²) < 4.78 is 0. The number of nitrogens with zero attached hydrogens (tertiary/aromatic N) is 4. The number of nitrogens with one attached hydrogen (secondary N) is 1. The predicted molar refractivity (Wildman–Crippen MR) is 71.3 cm³/mol. The van der Waals surface area contributed by atoms with Crippen molar-refractivity contribution in [1.82, 2.24) is 19.9 Å². The third-order valence-electron chi connectivity index (χ3n) is 2.57. The zero-order valence-electron chi connectivity index (χ0n) is 10.8. The number of anilines is 1. The maximum Gasteiger partial charge on any atom is 0.248 e. The molecule has 19 heavy (non-hydrogen) atoms. The van der Waals surface area contributed by atoms with Crippen LogP contribution < -0.4 is 5.32 Å². The van der Waals surface area contributed by atoms with Crippen LogP contribution in [-0.2, 0) is 4.79 Å². The molecule has 98 valence electrons. The van der Waals surface area contributed by atoms with E-state index in [9.17, 15) is 4.79 Å². The van der Waals surface area contributed by atoms with Gasteiger partial charge in [0.2, 0.25) is 11.9 Å². The van der Waals surface area contributed by atoms with Crippen molar-refractivity contribution in [3.05, 3.63) is 48.5 Å². The molecule has 1 atom stereocenters. The Bertz CT molecular complexity index is 529. The van der Waals surface area contributed by atoms with E-state index in [1.54, 1.807) is 36.9 Å². The molecule has 0 aromatic carbocycles. The first-order valence-corrected chi connectivity index (χ1v) is 5.82. The summed E-state index contributed by atoms with van der Waals surface area (Å²) in [4.78, 5) is 26.1. The van der Waals surface area contributed by atoms with Gasteiger partial charge in [0.25, 0.3) is 0 Å². The van der Waals surface area contributed by atoms with E-state index in [0.717, 1.165) is 5.56 Å². The van der Waals surface area contributed by atoms with Gasteiger partial charge in [-0.15, -0.1) is 0 Å². The van der Waals surface area contributed by atoms with E-state index in [1.807, 2.05) is 25.1 Å². The maximum atomic E-state index is 12.3. The van der Waals surface area contributed by atoms with E-state index in [0.29, 0.717) is 5.95 Å². The van der Waals surface area contributed by atoms with Crippen LogP contribution in [0.25, 0.3) is 0 Å². The number of likely N-dealkylation sites (N-methyl/N-ethyl adjacent to an activating group) is 1. The normalized spacial score (nSPS) is 12.2. The fraction of sp³-hybridized carbons (Fsp3) is 0.231. The van der Waals surface area contributed by atoms with Crippen molar-refractivity contribution in [2.75, 3.05) is 19.4 Å². The second-order valence-corrected chi connectivity index (χ2v) is 4.21. The first kappa shape index (κ1) is 13.1. The van der Waals surface area contributed by atoms with Crippen LogP contribution in [0.15, 0.2) is 43.0 Å². The Balaban J connectivity index is 2.19. The van der Waals surface area contributed by atoms with E-state index in [1.165, 1.54) is 0 Å². The van der Waals surface area contributed by atoms with Gasteiger partial charge in [0, 0.05) is 24.8 Å². The summed E-state index contributed by atoms with van der Waals surface area (Å²) in [6.07, 6.45) is 6.51. The lowest BCUT2D eigenvalue weighted by Gasteiger charge is -2.22. The largest absolute Gasteiger partial charge is 0.294 e. The summed E-state index contributed by atoms with van der Waals surface area (Å²) in [7, 11) is 3.67. The van der Waals surface area contributed by atoms with Crippen LogP contribution in [0.3, 0.4) is 0 Å². The summed E-state index contributed by atoms with van der Waals surface area (Å²) in [6.45, 7) is 0. The third-order valence-corrected chi connectivity index (χ3v) is 2.57. The summed E-state index contributed by atoms with van der Waals surface area (Å²) >= 11 is 0.